The van der Waals surface area contributed by atoms with Crippen LogP contribution in [0.1, 0.15) is 6.92 Å². The quantitative estimate of drug-likeness (QED) is 0.465. The number of rotatable bonds is 3. The maximum atomic E-state index is 8.63. The van der Waals surface area contributed by atoms with E-state index < -0.39 is 0 Å². The van der Waals surface area contributed by atoms with Gasteiger partial charge in [0.1, 0.15) is 7.85 Å². The molecule has 0 heterocycles. The second kappa shape index (κ2) is 3.10. The number of aliphatic hydroxyl groups excluding tert-OH is 2. The molecule has 0 saturated heterocycles. The van der Waals surface area contributed by atoms with Crippen LogP contribution in [0.4, 0.5) is 0 Å². The Balaban J connectivity index is 3.58. The molecule has 0 aliphatic carbocycles. The zero-order valence-corrected chi connectivity index (χ0v) is 5.52. The van der Waals surface area contributed by atoms with E-state index in [0.717, 1.165) is 6.32 Å². The third-order valence-electron chi connectivity index (χ3n) is 1.62. The van der Waals surface area contributed by atoms with Crippen LogP contribution in [0.25, 0.3) is 0 Å². The highest BCUT2D eigenvalue weighted by Crippen LogP contribution is 2.16. The van der Waals surface area contributed by atoms with Crippen LogP contribution in [0.3, 0.4) is 0 Å². The highest BCUT2D eigenvalue weighted by atomic mass is 16.3. The molecule has 0 rings (SSSR count). The molecule has 0 saturated carbocycles. The van der Waals surface area contributed by atoms with Gasteiger partial charge in [0, 0.05) is 18.6 Å². The summed E-state index contributed by atoms with van der Waals surface area (Å²) in [5.41, 5.74) is -0.264. The van der Waals surface area contributed by atoms with E-state index in [4.69, 9.17) is 10.2 Å². The van der Waals surface area contributed by atoms with Crippen LogP contribution in [-0.4, -0.2) is 31.3 Å². The van der Waals surface area contributed by atoms with E-state index in [2.05, 4.69) is 0 Å². The summed E-state index contributed by atoms with van der Waals surface area (Å²) in [6.07, 6.45) is 0.819. The first-order chi connectivity index (χ1) is 3.68. The predicted molar refractivity (Wildman–Crippen MR) is 35.6 cm³/mol. The topological polar surface area (TPSA) is 40.5 Å². The van der Waals surface area contributed by atoms with E-state index in [1.165, 1.54) is 0 Å². The Morgan fingerprint density at radius 1 is 1.38 bits per heavy atom. The van der Waals surface area contributed by atoms with E-state index in [1.54, 1.807) is 0 Å². The Bertz CT molecular complexity index is 53.2. The molecular formula is C5H13BO2. The fourth-order valence-corrected chi connectivity index (χ4v) is 0.274. The molecule has 0 aromatic carbocycles. The molecule has 0 radical (unpaired) electrons. The molecule has 48 valence electrons. The van der Waals surface area contributed by atoms with Crippen molar-refractivity contribution in [1.82, 2.24) is 0 Å². The van der Waals surface area contributed by atoms with Crippen LogP contribution in [0.5, 0.6) is 0 Å². The van der Waals surface area contributed by atoms with Crippen molar-refractivity contribution < 1.29 is 10.2 Å². The highest BCUT2D eigenvalue weighted by Gasteiger charge is 2.18. The van der Waals surface area contributed by atoms with Gasteiger partial charge in [0.2, 0.25) is 0 Å². The molecule has 2 nitrogen and oxygen atoms in total. The molecule has 0 atom stereocenters. The lowest BCUT2D eigenvalue weighted by molar-refractivity contribution is 0.0862. The van der Waals surface area contributed by atoms with Crippen molar-refractivity contribution in [2.45, 2.75) is 13.2 Å². The average molecular weight is 116 g/mol. The van der Waals surface area contributed by atoms with Gasteiger partial charge in [-0.15, -0.1) is 0 Å². The molecular weight excluding hydrogens is 103 g/mol. The minimum atomic E-state index is -0.264. The summed E-state index contributed by atoms with van der Waals surface area (Å²) in [6.45, 7) is 1.99. The predicted octanol–water partition coefficient (Wildman–Crippen LogP) is -0.971. The van der Waals surface area contributed by atoms with Crippen LogP contribution in [0, 0.1) is 5.41 Å². The monoisotopic (exact) mass is 116 g/mol. The van der Waals surface area contributed by atoms with Gasteiger partial charge in [-0.1, -0.05) is 13.2 Å². The highest BCUT2D eigenvalue weighted by molar-refractivity contribution is 6.09. The molecule has 8 heavy (non-hydrogen) atoms. The molecule has 0 amide bonds. The van der Waals surface area contributed by atoms with Crippen molar-refractivity contribution in [2.75, 3.05) is 13.2 Å². The Hall–Kier alpha value is -0.0151. The van der Waals surface area contributed by atoms with Crippen molar-refractivity contribution >= 4 is 7.85 Å². The van der Waals surface area contributed by atoms with E-state index in [1.807, 2.05) is 14.8 Å². The van der Waals surface area contributed by atoms with Crippen molar-refractivity contribution in [3.05, 3.63) is 0 Å². The van der Waals surface area contributed by atoms with Gasteiger partial charge in [0.25, 0.3) is 0 Å². The average Bonchev–Trinajstić information content (AvgIpc) is 1.87. The molecule has 0 aliphatic heterocycles. The summed E-state index contributed by atoms with van der Waals surface area (Å²) in [7, 11) is 1.95. The molecule has 2 N–H and O–H groups in total. The van der Waals surface area contributed by atoms with Crippen LogP contribution in [0.15, 0.2) is 0 Å². The molecule has 0 aromatic rings. The van der Waals surface area contributed by atoms with Gasteiger partial charge in [-0.25, -0.2) is 0 Å². The van der Waals surface area contributed by atoms with E-state index in [0.29, 0.717) is 0 Å². The Morgan fingerprint density at radius 3 is 1.75 bits per heavy atom. The fraction of sp³-hybridized carbons (Fsp3) is 1.00. The number of hydrogen-bond donors (Lipinski definition) is 2. The number of hydrogen-bond acceptors (Lipinski definition) is 2. The van der Waals surface area contributed by atoms with Crippen LogP contribution in [0.2, 0.25) is 6.32 Å². The largest absolute Gasteiger partial charge is 0.396 e. The smallest absolute Gasteiger partial charge is 0.102 e. The van der Waals surface area contributed by atoms with Gasteiger partial charge in [-0.2, -0.15) is 0 Å². The Kier molecular flexibility index (Phi) is 3.09. The van der Waals surface area contributed by atoms with Gasteiger partial charge in [0.15, 0.2) is 0 Å². The van der Waals surface area contributed by atoms with Gasteiger partial charge in [0.05, 0.1) is 0 Å². The summed E-state index contributed by atoms with van der Waals surface area (Å²) in [5.74, 6) is 0. The molecule has 0 spiro atoms. The van der Waals surface area contributed by atoms with Gasteiger partial charge < -0.3 is 10.2 Å². The van der Waals surface area contributed by atoms with E-state index in [-0.39, 0.29) is 18.6 Å². The lowest BCUT2D eigenvalue weighted by Gasteiger charge is -2.21. The fourth-order valence-electron chi connectivity index (χ4n) is 0.274. The van der Waals surface area contributed by atoms with Gasteiger partial charge in [-0.05, 0) is 0 Å². The minimum Gasteiger partial charge on any atom is -0.396 e. The lowest BCUT2D eigenvalue weighted by atomic mass is 9.79. The Labute approximate surface area is 50.9 Å². The molecule has 0 unspecified atom stereocenters. The maximum Gasteiger partial charge on any atom is 0.102 e. The van der Waals surface area contributed by atoms with Gasteiger partial charge >= 0.3 is 0 Å². The summed E-state index contributed by atoms with van der Waals surface area (Å²) in [5, 5.41) is 17.3. The summed E-state index contributed by atoms with van der Waals surface area (Å²) in [4.78, 5) is 0. The molecule has 0 aromatic heterocycles. The van der Waals surface area contributed by atoms with Crippen molar-refractivity contribution in [2.24, 2.45) is 5.41 Å². The zero-order valence-electron chi connectivity index (χ0n) is 5.52. The minimum absolute atomic E-state index is 0.0694. The second-order valence-corrected chi connectivity index (χ2v) is 2.48. The standard InChI is InChI=1S/C5H13BO2/c1-5(2-6,3-7)4-8/h7-8H,2-4,6H2,1H3. The van der Waals surface area contributed by atoms with Crippen LogP contribution >= 0.6 is 0 Å². The van der Waals surface area contributed by atoms with E-state index >= 15 is 0 Å². The molecule has 0 aliphatic rings. The summed E-state index contributed by atoms with van der Waals surface area (Å²) in [6, 6.07) is 0. The number of aliphatic hydroxyl groups is 2. The summed E-state index contributed by atoms with van der Waals surface area (Å²) >= 11 is 0. The first-order valence-electron chi connectivity index (χ1n) is 2.90. The first kappa shape index (κ1) is 7.98. The van der Waals surface area contributed by atoms with Crippen LogP contribution < -0.4 is 0 Å². The Morgan fingerprint density at radius 2 is 1.75 bits per heavy atom. The lowest BCUT2D eigenvalue weighted by Crippen LogP contribution is -2.24. The van der Waals surface area contributed by atoms with Crippen LogP contribution in [-0.2, 0) is 0 Å². The SMILES string of the molecule is BCC(C)(CO)CO. The van der Waals surface area contributed by atoms with Crippen molar-refractivity contribution in [3.63, 3.8) is 0 Å². The third-order valence-corrected chi connectivity index (χ3v) is 1.62. The maximum absolute atomic E-state index is 8.63. The molecule has 0 bridgehead atoms. The molecule has 0 fully saturated rings. The molecule has 3 heteroatoms. The van der Waals surface area contributed by atoms with Crippen molar-refractivity contribution in [3.8, 4) is 0 Å². The normalized spacial score (nSPS) is 11.9. The zero-order chi connectivity index (χ0) is 6.62. The van der Waals surface area contributed by atoms with E-state index in [9.17, 15) is 0 Å². The van der Waals surface area contributed by atoms with Gasteiger partial charge in [-0.3, -0.25) is 0 Å². The third kappa shape index (κ3) is 1.84. The summed E-state index contributed by atoms with van der Waals surface area (Å²) < 4.78 is 0. The first-order valence-corrected chi connectivity index (χ1v) is 2.90. The van der Waals surface area contributed by atoms with Crippen molar-refractivity contribution in [1.29, 1.82) is 0 Å². The second-order valence-electron chi connectivity index (χ2n) is 2.48.